The van der Waals surface area contributed by atoms with Crippen molar-refractivity contribution in [3.05, 3.63) is 35.4 Å². The number of hydrogen-bond donors (Lipinski definition) is 1. The van der Waals surface area contributed by atoms with E-state index in [0.29, 0.717) is 19.1 Å². The second-order valence-corrected chi connectivity index (χ2v) is 6.54. The fraction of sp³-hybridized carbons (Fsp3) is 0.529. The number of likely N-dealkylation sites (tertiary alicyclic amines) is 1. The molecule has 1 aromatic carbocycles. The third kappa shape index (κ3) is 2.67. The van der Waals surface area contributed by atoms with Gasteiger partial charge in [0, 0.05) is 45.3 Å². The van der Waals surface area contributed by atoms with E-state index < -0.39 is 0 Å². The molecule has 0 aromatic heterocycles. The van der Waals surface area contributed by atoms with Crippen molar-refractivity contribution in [1.29, 1.82) is 0 Å². The van der Waals surface area contributed by atoms with E-state index in [4.69, 9.17) is 0 Å². The van der Waals surface area contributed by atoms with Crippen molar-refractivity contribution in [3.8, 4) is 0 Å². The summed E-state index contributed by atoms with van der Waals surface area (Å²) in [7, 11) is 0. The van der Waals surface area contributed by atoms with E-state index in [9.17, 15) is 9.59 Å². The Labute approximate surface area is 136 Å². The van der Waals surface area contributed by atoms with Crippen LogP contribution in [-0.4, -0.2) is 65.5 Å². The minimum Gasteiger partial charge on any atom is -0.336 e. The van der Waals surface area contributed by atoms with Gasteiger partial charge in [-0.25, -0.2) is 14.5 Å². The molecule has 23 heavy (non-hydrogen) atoms. The Hall–Kier alpha value is -2.08. The number of carbonyl (C=O) groups excluding carboxylic acids is 2. The maximum atomic E-state index is 12.5. The van der Waals surface area contributed by atoms with Gasteiger partial charge in [-0.2, -0.15) is 0 Å². The topological polar surface area (TPSA) is 55.9 Å². The Morgan fingerprint density at radius 1 is 1.13 bits per heavy atom. The minimum absolute atomic E-state index is 0.139. The SMILES string of the molecule is O=C1NCCN1C(=O)N1CCC(N2CCc3ccccc3C2)C1. The van der Waals surface area contributed by atoms with Gasteiger partial charge in [0.15, 0.2) is 0 Å². The van der Waals surface area contributed by atoms with E-state index in [1.807, 2.05) is 4.90 Å². The first-order valence-electron chi connectivity index (χ1n) is 8.37. The number of nitrogens with zero attached hydrogens (tertiary/aromatic N) is 3. The van der Waals surface area contributed by atoms with Gasteiger partial charge >= 0.3 is 12.1 Å². The standard InChI is InChI=1S/C17H22N4O2/c22-16-18-7-10-21(16)17(23)20-9-6-15(12-20)19-8-5-13-3-1-2-4-14(13)11-19/h1-4,15H,5-12H2,(H,18,22). The molecule has 0 bridgehead atoms. The second-order valence-electron chi connectivity index (χ2n) is 6.54. The minimum atomic E-state index is -0.259. The van der Waals surface area contributed by atoms with E-state index in [1.54, 1.807) is 0 Å². The third-order valence-corrected chi connectivity index (χ3v) is 5.20. The van der Waals surface area contributed by atoms with Gasteiger partial charge in [0.25, 0.3) is 0 Å². The zero-order valence-electron chi connectivity index (χ0n) is 13.2. The van der Waals surface area contributed by atoms with Gasteiger partial charge < -0.3 is 10.2 Å². The molecule has 0 spiro atoms. The lowest BCUT2D eigenvalue weighted by atomic mass is 9.98. The van der Waals surface area contributed by atoms with Crippen molar-refractivity contribution < 1.29 is 9.59 Å². The summed E-state index contributed by atoms with van der Waals surface area (Å²) in [6.45, 7) is 4.53. The lowest BCUT2D eigenvalue weighted by Gasteiger charge is -2.33. The van der Waals surface area contributed by atoms with Gasteiger partial charge in [-0.3, -0.25) is 4.90 Å². The molecular weight excluding hydrogens is 292 g/mol. The lowest BCUT2D eigenvalue weighted by Crippen LogP contribution is -2.46. The van der Waals surface area contributed by atoms with Crippen molar-refractivity contribution in [2.45, 2.75) is 25.4 Å². The first kappa shape index (κ1) is 14.5. The average Bonchev–Trinajstić information content (AvgIpc) is 3.23. The third-order valence-electron chi connectivity index (χ3n) is 5.20. The quantitative estimate of drug-likeness (QED) is 0.849. The van der Waals surface area contributed by atoms with Crippen LogP contribution in [0.4, 0.5) is 9.59 Å². The number of imide groups is 1. The zero-order valence-corrected chi connectivity index (χ0v) is 13.2. The van der Waals surface area contributed by atoms with Crippen LogP contribution in [0.2, 0.25) is 0 Å². The van der Waals surface area contributed by atoms with E-state index in [2.05, 4.69) is 34.5 Å². The van der Waals surface area contributed by atoms with E-state index in [1.165, 1.54) is 16.0 Å². The molecule has 3 heterocycles. The van der Waals surface area contributed by atoms with Crippen LogP contribution in [0.25, 0.3) is 0 Å². The predicted molar refractivity (Wildman–Crippen MR) is 86.0 cm³/mol. The van der Waals surface area contributed by atoms with Crippen molar-refractivity contribution in [3.63, 3.8) is 0 Å². The van der Waals surface area contributed by atoms with Gasteiger partial charge in [-0.15, -0.1) is 0 Å². The molecule has 2 saturated heterocycles. The summed E-state index contributed by atoms with van der Waals surface area (Å²) in [6.07, 6.45) is 2.07. The van der Waals surface area contributed by atoms with Crippen LogP contribution in [0.5, 0.6) is 0 Å². The summed E-state index contributed by atoms with van der Waals surface area (Å²) in [5.41, 5.74) is 2.85. The highest BCUT2D eigenvalue weighted by atomic mass is 16.2. The molecule has 4 amide bonds. The number of urea groups is 2. The largest absolute Gasteiger partial charge is 0.336 e. The molecule has 1 N–H and O–H groups in total. The Bertz CT molecular complexity index is 633. The molecule has 2 fully saturated rings. The Morgan fingerprint density at radius 3 is 2.74 bits per heavy atom. The summed E-state index contributed by atoms with van der Waals surface area (Å²) in [6, 6.07) is 8.62. The van der Waals surface area contributed by atoms with Crippen molar-refractivity contribution in [2.24, 2.45) is 0 Å². The maximum absolute atomic E-state index is 12.5. The van der Waals surface area contributed by atoms with Crippen LogP contribution >= 0.6 is 0 Å². The van der Waals surface area contributed by atoms with Gasteiger partial charge in [0.05, 0.1) is 0 Å². The molecule has 0 radical (unpaired) electrons. The molecule has 4 rings (SSSR count). The normalized spacial score (nSPS) is 24.7. The molecule has 6 nitrogen and oxygen atoms in total. The molecule has 1 atom stereocenters. The molecule has 6 heteroatoms. The average molecular weight is 314 g/mol. The Morgan fingerprint density at radius 2 is 1.96 bits per heavy atom. The van der Waals surface area contributed by atoms with Gasteiger partial charge in [-0.1, -0.05) is 24.3 Å². The Balaban J connectivity index is 1.39. The van der Waals surface area contributed by atoms with Crippen LogP contribution in [-0.2, 0) is 13.0 Å². The summed E-state index contributed by atoms with van der Waals surface area (Å²) < 4.78 is 0. The monoisotopic (exact) mass is 314 g/mol. The summed E-state index contributed by atoms with van der Waals surface area (Å²) in [5.74, 6) is 0. The van der Waals surface area contributed by atoms with Gasteiger partial charge in [0.1, 0.15) is 0 Å². The van der Waals surface area contributed by atoms with Crippen molar-refractivity contribution in [2.75, 3.05) is 32.7 Å². The number of rotatable bonds is 1. The number of carbonyl (C=O) groups is 2. The van der Waals surface area contributed by atoms with Crippen LogP contribution in [0.1, 0.15) is 17.5 Å². The fourth-order valence-corrected chi connectivity index (χ4v) is 3.87. The molecule has 122 valence electrons. The van der Waals surface area contributed by atoms with E-state index >= 15 is 0 Å². The number of benzene rings is 1. The summed E-state index contributed by atoms with van der Waals surface area (Å²) in [5, 5.41) is 2.69. The highest BCUT2D eigenvalue weighted by Gasteiger charge is 2.36. The molecule has 0 saturated carbocycles. The maximum Gasteiger partial charge on any atom is 0.328 e. The van der Waals surface area contributed by atoms with Crippen LogP contribution in [0.3, 0.4) is 0 Å². The second kappa shape index (κ2) is 5.85. The molecule has 0 aliphatic carbocycles. The van der Waals surface area contributed by atoms with E-state index in [0.717, 1.165) is 39.0 Å². The first-order chi connectivity index (χ1) is 11.2. The van der Waals surface area contributed by atoms with Crippen LogP contribution in [0.15, 0.2) is 24.3 Å². The number of amides is 4. The van der Waals surface area contributed by atoms with E-state index in [-0.39, 0.29) is 12.1 Å². The Kier molecular flexibility index (Phi) is 3.69. The molecule has 3 aliphatic rings. The first-order valence-corrected chi connectivity index (χ1v) is 8.37. The van der Waals surface area contributed by atoms with Crippen molar-refractivity contribution >= 4 is 12.1 Å². The van der Waals surface area contributed by atoms with Crippen molar-refractivity contribution in [1.82, 2.24) is 20.0 Å². The molecule has 1 unspecified atom stereocenters. The van der Waals surface area contributed by atoms with Crippen LogP contribution < -0.4 is 5.32 Å². The van der Waals surface area contributed by atoms with Gasteiger partial charge in [-0.05, 0) is 24.0 Å². The van der Waals surface area contributed by atoms with Gasteiger partial charge in [0.2, 0.25) is 0 Å². The highest BCUT2D eigenvalue weighted by Crippen LogP contribution is 2.25. The smallest absolute Gasteiger partial charge is 0.328 e. The fourth-order valence-electron chi connectivity index (χ4n) is 3.87. The predicted octanol–water partition coefficient (Wildman–Crippen LogP) is 1.26. The summed E-state index contributed by atoms with van der Waals surface area (Å²) in [4.78, 5) is 29.7. The number of nitrogens with one attached hydrogen (secondary N) is 1. The van der Waals surface area contributed by atoms with Crippen LogP contribution in [0, 0.1) is 0 Å². The molecular formula is C17H22N4O2. The number of hydrogen-bond acceptors (Lipinski definition) is 3. The highest BCUT2D eigenvalue weighted by molar-refractivity contribution is 5.95. The zero-order chi connectivity index (χ0) is 15.8. The number of fused-ring (bicyclic) bond motifs is 1. The summed E-state index contributed by atoms with van der Waals surface area (Å²) >= 11 is 0. The lowest BCUT2D eigenvalue weighted by molar-refractivity contribution is 0.157. The molecule has 1 aromatic rings. The molecule has 3 aliphatic heterocycles.